The van der Waals surface area contributed by atoms with Crippen LogP contribution in [0.25, 0.3) is 0 Å². The Kier molecular flexibility index (Phi) is 5.94. The predicted octanol–water partition coefficient (Wildman–Crippen LogP) is 2.26. The molecule has 8 heteroatoms. The number of rotatable bonds is 4. The zero-order chi connectivity index (χ0) is 21.1. The van der Waals surface area contributed by atoms with Crippen LogP contribution in [0.3, 0.4) is 0 Å². The Labute approximate surface area is 176 Å². The zero-order valence-electron chi connectivity index (χ0n) is 17.2. The third-order valence-corrected chi connectivity index (χ3v) is 6.92. The van der Waals surface area contributed by atoms with Gasteiger partial charge in [0.2, 0.25) is 11.8 Å². The quantitative estimate of drug-likeness (QED) is 0.653. The maximum atomic E-state index is 12.0. The van der Waals surface area contributed by atoms with Gasteiger partial charge in [0.1, 0.15) is 6.04 Å². The maximum absolute atomic E-state index is 12.0. The van der Waals surface area contributed by atoms with E-state index in [0.29, 0.717) is 31.3 Å². The maximum Gasteiger partial charge on any atom is 0.407 e. The van der Waals surface area contributed by atoms with Crippen molar-refractivity contribution >= 4 is 23.6 Å². The molecular weight excluding hydrogens is 384 g/mol. The third-order valence-electron chi connectivity index (χ3n) is 6.92. The first kappa shape index (κ1) is 20.7. The van der Waals surface area contributed by atoms with Crippen molar-refractivity contribution in [3.05, 3.63) is 29.8 Å². The van der Waals surface area contributed by atoms with Gasteiger partial charge in [0.25, 0.3) is 0 Å². The lowest BCUT2D eigenvalue weighted by Gasteiger charge is -2.46. The molecule has 0 saturated carbocycles. The number of piperidine rings is 3. The van der Waals surface area contributed by atoms with Crippen LogP contribution in [0.2, 0.25) is 0 Å². The molecule has 4 rings (SSSR count). The fourth-order valence-corrected chi connectivity index (χ4v) is 4.91. The van der Waals surface area contributed by atoms with Crippen LogP contribution in [0.5, 0.6) is 0 Å². The number of carboxylic acid groups (broad SMARTS) is 1. The zero-order valence-corrected chi connectivity index (χ0v) is 17.2. The number of likely N-dealkylation sites (tertiary alicyclic amines) is 2. The average molecular weight is 415 g/mol. The van der Waals surface area contributed by atoms with Crippen LogP contribution in [-0.2, 0) is 16.1 Å². The average Bonchev–Trinajstić information content (AvgIpc) is 2.73. The van der Waals surface area contributed by atoms with Crippen molar-refractivity contribution in [2.45, 2.75) is 51.1 Å². The summed E-state index contributed by atoms with van der Waals surface area (Å²) in [4.78, 5) is 38.4. The van der Waals surface area contributed by atoms with Crippen LogP contribution in [0, 0.1) is 5.41 Å². The smallest absolute Gasteiger partial charge is 0.407 e. The van der Waals surface area contributed by atoms with Gasteiger partial charge >= 0.3 is 6.09 Å². The second-order valence-electron chi connectivity index (χ2n) is 8.89. The third kappa shape index (κ3) is 4.75. The van der Waals surface area contributed by atoms with Crippen LogP contribution in [-0.4, -0.2) is 65.0 Å². The number of carbonyl (C=O) groups excluding carboxylic acids is 2. The van der Waals surface area contributed by atoms with Gasteiger partial charge in [-0.05, 0) is 68.3 Å². The standard InChI is InChI=1S/C22H30N4O4/c27-19-5-4-18(20(28)24-19)23-17-3-1-2-16(14-17)15-25-10-6-22(7-11-25)8-12-26(13-9-22)21(29)30/h1-3,14,18,23H,4-13,15H2,(H,29,30)(H,24,27,28). The Hall–Kier alpha value is -2.61. The first-order valence-corrected chi connectivity index (χ1v) is 10.8. The molecule has 1 aromatic carbocycles. The molecule has 3 N–H and O–H groups in total. The van der Waals surface area contributed by atoms with Gasteiger partial charge in [-0.15, -0.1) is 0 Å². The van der Waals surface area contributed by atoms with E-state index in [0.717, 1.165) is 51.0 Å². The second kappa shape index (κ2) is 8.63. The highest BCUT2D eigenvalue weighted by atomic mass is 16.4. The molecule has 0 bridgehead atoms. The van der Waals surface area contributed by atoms with Gasteiger partial charge in [-0.1, -0.05) is 12.1 Å². The minimum Gasteiger partial charge on any atom is -0.465 e. The first-order chi connectivity index (χ1) is 14.4. The van der Waals surface area contributed by atoms with E-state index in [9.17, 15) is 14.4 Å². The summed E-state index contributed by atoms with van der Waals surface area (Å²) in [6.07, 6.45) is 4.26. The largest absolute Gasteiger partial charge is 0.465 e. The molecule has 1 atom stereocenters. The van der Waals surface area contributed by atoms with E-state index >= 15 is 0 Å². The van der Waals surface area contributed by atoms with Crippen LogP contribution >= 0.6 is 0 Å². The Morgan fingerprint density at radius 1 is 1.13 bits per heavy atom. The number of hydrogen-bond acceptors (Lipinski definition) is 5. The van der Waals surface area contributed by atoms with E-state index in [1.54, 1.807) is 4.90 Å². The Bertz CT molecular complexity index is 809. The van der Waals surface area contributed by atoms with E-state index in [1.165, 1.54) is 5.56 Å². The normalized spacial score (nSPS) is 24.5. The van der Waals surface area contributed by atoms with Crippen molar-refractivity contribution in [2.24, 2.45) is 5.41 Å². The van der Waals surface area contributed by atoms with Gasteiger partial charge in [0.05, 0.1) is 0 Å². The molecule has 162 valence electrons. The molecule has 3 fully saturated rings. The fraction of sp³-hybridized carbons (Fsp3) is 0.591. The molecule has 3 aliphatic heterocycles. The second-order valence-corrected chi connectivity index (χ2v) is 8.89. The summed E-state index contributed by atoms with van der Waals surface area (Å²) in [5.41, 5.74) is 2.40. The van der Waals surface area contributed by atoms with Gasteiger partial charge in [-0.25, -0.2) is 4.79 Å². The summed E-state index contributed by atoms with van der Waals surface area (Å²) in [5.74, 6) is -0.463. The summed E-state index contributed by atoms with van der Waals surface area (Å²) in [5, 5.41) is 14.8. The molecular formula is C22H30N4O4. The van der Waals surface area contributed by atoms with Crippen molar-refractivity contribution in [3.8, 4) is 0 Å². The number of carbonyl (C=O) groups is 3. The number of benzene rings is 1. The van der Waals surface area contributed by atoms with Gasteiger partial charge in [0.15, 0.2) is 0 Å². The number of amides is 3. The van der Waals surface area contributed by atoms with Crippen molar-refractivity contribution in [3.63, 3.8) is 0 Å². The van der Waals surface area contributed by atoms with Gasteiger partial charge in [-0.3, -0.25) is 19.8 Å². The van der Waals surface area contributed by atoms with Crippen molar-refractivity contribution < 1.29 is 19.5 Å². The highest BCUT2D eigenvalue weighted by Crippen LogP contribution is 2.41. The summed E-state index contributed by atoms with van der Waals surface area (Å²) in [6.45, 7) is 4.23. The lowest BCUT2D eigenvalue weighted by atomic mass is 9.71. The van der Waals surface area contributed by atoms with Crippen LogP contribution in [0.1, 0.15) is 44.1 Å². The first-order valence-electron chi connectivity index (χ1n) is 10.8. The van der Waals surface area contributed by atoms with Gasteiger partial charge < -0.3 is 15.3 Å². The molecule has 0 aliphatic carbocycles. The fourth-order valence-electron chi connectivity index (χ4n) is 4.91. The SMILES string of the molecule is O=C1CCC(Nc2cccc(CN3CCC4(CC3)CCN(C(=O)O)CC4)c2)C(=O)N1. The summed E-state index contributed by atoms with van der Waals surface area (Å²) >= 11 is 0. The monoisotopic (exact) mass is 414 g/mol. The number of imide groups is 1. The molecule has 0 radical (unpaired) electrons. The molecule has 3 saturated heterocycles. The van der Waals surface area contributed by atoms with E-state index in [-0.39, 0.29) is 17.9 Å². The molecule has 30 heavy (non-hydrogen) atoms. The lowest BCUT2D eigenvalue weighted by Crippen LogP contribution is -2.47. The number of anilines is 1. The molecule has 3 heterocycles. The molecule has 1 spiro atoms. The van der Waals surface area contributed by atoms with Crippen molar-refractivity contribution in [1.82, 2.24) is 15.1 Å². The summed E-state index contributed by atoms with van der Waals surface area (Å²) < 4.78 is 0. The van der Waals surface area contributed by atoms with Gasteiger partial charge in [0, 0.05) is 31.7 Å². The highest BCUT2D eigenvalue weighted by molar-refractivity contribution is 6.01. The minimum absolute atomic E-state index is 0.205. The Morgan fingerprint density at radius 3 is 2.50 bits per heavy atom. The number of hydrogen-bond donors (Lipinski definition) is 3. The Balaban J connectivity index is 1.29. The number of nitrogens with one attached hydrogen (secondary N) is 2. The summed E-state index contributed by atoms with van der Waals surface area (Å²) in [7, 11) is 0. The van der Waals surface area contributed by atoms with Crippen LogP contribution < -0.4 is 10.6 Å². The molecule has 3 amide bonds. The van der Waals surface area contributed by atoms with E-state index in [2.05, 4.69) is 27.7 Å². The molecule has 3 aliphatic rings. The lowest BCUT2D eigenvalue weighted by molar-refractivity contribution is -0.133. The van der Waals surface area contributed by atoms with E-state index in [1.807, 2.05) is 12.1 Å². The van der Waals surface area contributed by atoms with Crippen LogP contribution in [0.15, 0.2) is 24.3 Å². The minimum atomic E-state index is -0.798. The summed E-state index contributed by atoms with van der Waals surface area (Å²) in [6, 6.07) is 7.76. The topological polar surface area (TPSA) is 102 Å². The molecule has 0 aromatic heterocycles. The molecule has 8 nitrogen and oxygen atoms in total. The predicted molar refractivity (Wildman–Crippen MR) is 112 cm³/mol. The Morgan fingerprint density at radius 2 is 1.83 bits per heavy atom. The highest BCUT2D eigenvalue weighted by Gasteiger charge is 2.38. The van der Waals surface area contributed by atoms with Crippen LogP contribution in [0.4, 0.5) is 10.5 Å². The van der Waals surface area contributed by atoms with Crippen molar-refractivity contribution in [1.29, 1.82) is 0 Å². The van der Waals surface area contributed by atoms with Crippen molar-refractivity contribution in [2.75, 3.05) is 31.5 Å². The van der Waals surface area contributed by atoms with E-state index in [4.69, 9.17) is 5.11 Å². The molecule has 1 unspecified atom stereocenters. The van der Waals surface area contributed by atoms with Gasteiger partial charge in [-0.2, -0.15) is 0 Å². The molecule has 1 aromatic rings. The van der Waals surface area contributed by atoms with E-state index < -0.39 is 6.09 Å². The number of nitrogens with zero attached hydrogens (tertiary/aromatic N) is 2.